The first-order valence-corrected chi connectivity index (χ1v) is 12.4. The number of ether oxygens (including phenoxy) is 3. The molecule has 9 nitrogen and oxygen atoms in total. The molecule has 202 valence electrons. The van der Waals surface area contributed by atoms with E-state index in [9.17, 15) is 31.2 Å². The summed E-state index contributed by atoms with van der Waals surface area (Å²) in [6.07, 6.45) is -0.997. The van der Waals surface area contributed by atoms with Crippen LogP contribution in [0.5, 0.6) is 11.5 Å². The lowest BCUT2D eigenvalue weighted by Gasteiger charge is -2.36. The molecule has 2 aromatic rings. The van der Waals surface area contributed by atoms with Crippen molar-refractivity contribution >= 4 is 22.2 Å². The highest BCUT2D eigenvalue weighted by Gasteiger charge is 2.49. The fraction of sp³-hybridized carbons (Fsp3) is 0.417. The maximum atomic E-state index is 13.1. The highest BCUT2D eigenvalue weighted by Crippen LogP contribution is 2.39. The molecule has 0 aliphatic carbocycles. The van der Waals surface area contributed by atoms with Crippen molar-refractivity contribution in [2.75, 3.05) is 7.11 Å². The third kappa shape index (κ3) is 6.85. The molecular weight excluding hydrogens is 519 g/mol. The van der Waals surface area contributed by atoms with Gasteiger partial charge in [-0.2, -0.15) is 21.6 Å². The van der Waals surface area contributed by atoms with Crippen LogP contribution in [0.4, 0.5) is 18.0 Å². The number of methoxy groups -OCH3 is 1. The Labute approximate surface area is 212 Å². The first-order valence-electron chi connectivity index (χ1n) is 11.0. The molecule has 2 aromatic carbocycles. The molecule has 0 unspecified atom stereocenters. The highest BCUT2D eigenvalue weighted by atomic mass is 32.2. The third-order valence-electron chi connectivity index (χ3n) is 5.22. The molecule has 0 bridgehead atoms. The van der Waals surface area contributed by atoms with Gasteiger partial charge >= 0.3 is 27.7 Å². The van der Waals surface area contributed by atoms with Crippen molar-refractivity contribution in [1.82, 2.24) is 4.90 Å². The Bertz CT molecular complexity index is 1260. The average Bonchev–Trinajstić information content (AvgIpc) is 2.80. The Morgan fingerprint density at radius 2 is 1.65 bits per heavy atom. The predicted molar refractivity (Wildman–Crippen MR) is 124 cm³/mol. The van der Waals surface area contributed by atoms with Crippen molar-refractivity contribution in [3.63, 3.8) is 0 Å². The van der Waals surface area contributed by atoms with Crippen LogP contribution in [0.1, 0.15) is 37.5 Å². The summed E-state index contributed by atoms with van der Waals surface area (Å²) in [5.74, 6) is -1.79. The Hall–Kier alpha value is -3.48. The summed E-state index contributed by atoms with van der Waals surface area (Å²) in [5.41, 5.74) is -5.22. The number of hydrogen-bond donors (Lipinski definition) is 0. The fourth-order valence-corrected chi connectivity index (χ4v) is 3.99. The largest absolute Gasteiger partial charge is 0.534 e. The molecule has 0 spiro atoms. The molecule has 1 aliphatic heterocycles. The standard InChI is InChI=1S/C24H26F3NO8S/c1-23(2,3)35-22(30)28-13-17-12-19(34-14-15-8-6-5-7-9-15)20(36-37(31,32)24(25,26)27)11-16(17)10-18(28)21(29)33-4/h5-9,11-12,18H,10,13-14H2,1-4H3/t18-/m0/s1. The number of esters is 1. The number of rotatable bonds is 6. The molecule has 0 radical (unpaired) electrons. The Morgan fingerprint density at radius 1 is 1.03 bits per heavy atom. The van der Waals surface area contributed by atoms with Crippen LogP contribution in [0.3, 0.4) is 0 Å². The van der Waals surface area contributed by atoms with E-state index in [0.717, 1.165) is 18.1 Å². The quantitative estimate of drug-likeness (QED) is 0.300. The van der Waals surface area contributed by atoms with Crippen LogP contribution in [0.2, 0.25) is 0 Å². The molecule has 1 atom stereocenters. The first-order chi connectivity index (χ1) is 17.1. The summed E-state index contributed by atoms with van der Waals surface area (Å²) in [6, 6.07) is 9.79. The lowest BCUT2D eigenvalue weighted by molar-refractivity contribution is -0.147. The molecule has 0 fully saturated rings. The number of fused-ring (bicyclic) bond motifs is 1. The maximum Gasteiger partial charge on any atom is 0.534 e. The number of benzene rings is 2. The van der Waals surface area contributed by atoms with E-state index < -0.39 is 45.1 Å². The SMILES string of the molecule is COC(=O)[C@@H]1Cc2cc(OS(=O)(=O)C(F)(F)F)c(OCc3ccccc3)cc2CN1C(=O)OC(C)(C)C. The summed E-state index contributed by atoms with van der Waals surface area (Å²) in [7, 11) is -4.90. The van der Waals surface area contributed by atoms with Gasteiger partial charge in [0.1, 0.15) is 18.2 Å². The normalized spacial score (nSPS) is 16.0. The van der Waals surface area contributed by atoms with E-state index in [1.165, 1.54) is 6.07 Å². The van der Waals surface area contributed by atoms with Gasteiger partial charge in [-0.05, 0) is 49.6 Å². The molecule has 1 aliphatic rings. The summed E-state index contributed by atoms with van der Waals surface area (Å²) in [5, 5.41) is 0. The van der Waals surface area contributed by atoms with Crippen molar-refractivity contribution in [2.24, 2.45) is 0 Å². The highest BCUT2D eigenvalue weighted by molar-refractivity contribution is 7.88. The van der Waals surface area contributed by atoms with Gasteiger partial charge in [-0.25, -0.2) is 9.59 Å². The molecular formula is C24H26F3NO8S. The zero-order valence-corrected chi connectivity index (χ0v) is 21.3. The number of amides is 1. The van der Waals surface area contributed by atoms with E-state index >= 15 is 0 Å². The second kappa shape index (κ2) is 10.5. The van der Waals surface area contributed by atoms with Crippen LogP contribution in [0.25, 0.3) is 0 Å². The third-order valence-corrected chi connectivity index (χ3v) is 6.18. The van der Waals surface area contributed by atoms with Crippen molar-refractivity contribution < 1.29 is 49.6 Å². The Morgan fingerprint density at radius 3 is 2.22 bits per heavy atom. The fourth-order valence-electron chi connectivity index (χ4n) is 3.53. The summed E-state index contributed by atoms with van der Waals surface area (Å²) in [4.78, 5) is 26.4. The van der Waals surface area contributed by atoms with Crippen LogP contribution < -0.4 is 8.92 Å². The second-order valence-electron chi connectivity index (χ2n) is 9.18. The molecule has 1 heterocycles. The van der Waals surface area contributed by atoms with E-state index in [0.29, 0.717) is 11.1 Å². The van der Waals surface area contributed by atoms with Crippen LogP contribution >= 0.6 is 0 Å². The lowest BCUT2D eigenvalue weighted by Crippen LogP contribution is -2.50. The average molecular weight is 546 g/mol. The molecule has 0 aromatic heterocycles. The van der Waals surface area contributed by atoms with E-state index in [1.54, 1.807) is 51.1 Å². The van der Waals surface area contributed by atoms with Gasteiger partial charge in [-0.15, -0.1) is 0 Å². The number of carbonyl (C=O) groups excluding carboxylic acids is 2. The predicted octanol–water partition coefficient (Wildman–Crippen LogP) is 4.33. The number of halogens is 3. The Balaban J connectivity index is 2.04. The zero-order chi connectivity index (χ0) is 27.6. The summed E-state index contributed by atoms with van der Waals surface area (Å²) < 4.78 is 82.9. The smallest absolute Gasteiger partial charge is 0.485 e. The molecule has 0 N–H and O–H groups in total. The minimum absolute atomic E-state index is 0.109. The Kier molecular flexibility index (Phi) is 7.96. The number of nitrogens with zero attached hydrogens (tertiary/aromatic N) is 1. The second-order valence-corrected chi connectivity index (χ2v) is 10.7. The van der Waals surface area contributed by atoms with Gasteiger partial charge in [0.15, 0.2) is 11.5 Å². The van der Waals surface area contributed by atoms with Crippen LogP contribution in [-0.2, 0) is 44.0 Å². The van der Waals surface area contributed by atoms with Crippen LogP contribution in [0.15, 0.2) is 42.5 Å². The monoisotopic (exact) mass is 545 g/mol. The van der Waals surface area contributed by atoms with Gasteiger partial charge in [0.2, 0.25) is 0 Å². The maximum absolute atomic E-state index is 13.1. The minimum Gasteiger partial charge on any atom is -0.485 e. The van der Waals surface area contributed by atoms with Gasteiger partial charge in [0.05, 0.1) is 13.7 Å². The molecule has 0 saturated carbocycles. The van der Waals surface area contributed by atoms with Gasteiger partial charge in [-0.3, -0.25) is 4.90 Å². The van der Waals surface area contributed by atoms with Gasteiger partial charge in [0, 0.05) is 6.42 Å². The van der Waals surface area contributed by atoms with E-state index in [-0.39, 0.29) is 30.9 Å². The van der Waals surface area contributed by atoms with Crippen molar-refractivity contribution in [2.45, 2.75) is 57.5 Å². The number of alkyl halides is 3. The first kappa shape index (κ1) is 28.1. The van der Waals surface area contributed by atoms with E-state index in [1.807, 2.05) is 0 Å². The molecule has 13 heteroatoms. The van der Waals surface area contributed by atoms with Gasteiger partial charge in [0.25, 0.3) is 0 Å². The zero-order valence-electron chi connectivity index (χ0n) is 20.5. The lowest BCUT2D eigenvalue weighted by atomic mass is 9.93. The van der Waals surface area contributed by atoms with E-state index in [4.69, 9.17) is 14.2 Å². The topological polar surface area (TPSA) is 108 Å². The van der Waals surface area contributed by atoms with Crippen molar-refractivity contribution in [3.05, 3.63) is 59.2 Å². The number of carbonyl (C=O) groups is 2. The van der Waals surface area contributed by atoms with Crippen LogP contribution in [-0.4, -0.2) is 49.6 Å². The molecule has 0 saturated heterocycles. The minimum atomic E-state index is -6.02. The molecule has 3 rings (SSSR count). The van der Waals surface area contributed by atoms with Crippen molar-refractivity contribution in [3.8, 4) is 11.5 Å². The summed E-state index contributed by atoms with van der Waals surface area (Å²) >= 11 is 0. The molecule has 37 heavy (non-hydrogen) atoms. The van der Waals surface area contributed by atoms with Crippen LogP contribution in [0, 0.1) is 0 Å². The van der Waals surface area contributed by atoms with Crippen molar-refractivity contribution in [1.29, 1.82) is 0 Å². The number of hydrogen-bond acceptors (Lipinski definition) is 8. The summed E-state index contributed by atoms with van der Waals surface area (Å²) in [6.45, 7) is 4.66. The van der Waals surface area contributed by atoms with Gasteiger partial charge < -0.3 is 18.4 Å². The van der Waals surface area contributed by atoms with E-state index in [2.05, 4.69) is 4.18 Å². The van der Waals surface area contributed by atoms with Gasteiger partial charge in [-0.1, -0.05) is 30.3 Å². The molecule has 1 amide bonds.